The quantitative estimate of drug-likeness (QED) is 0.342. The Hall–Kier alpha value is -3.46. The third kappa shape index (κ3) is 5.70. The molecule has 1 aliphatic carbocycles. The van der Waals surface area contributed by atoms with Crippen molar-refractivity contribution in [2.24, 2.45) is 5.92 Å². The van der Waals surface area contributed by atoms with Gasteiger partial charge >= 0.3 is 5.97 Å². The number of ether oxygens (including phenoxy) is 5. The molecule has 214 valence electrons. The van der Waals surface area contributed by atoms with Crippen LogP contribution in [0.25, 0.3) is 0 Å². The van der Waals surface area contributed by atoms with E-state index in [1.54, 1.807) is 28.4 Å². The number of nitrogens with one attached hydrogen (secondary N) is 1. The molecular weight excluding hydrogens is 578 g/mol. The summed E-state index contributed by atoms with van der Waals surface area (Å²) in [5.74, 6) is 1.25. The number of carbonyl (C=O) groups is 2. The van der Waals surface area contributed by atoms with E-state index in [0.717, 1.165) is 16.8 Å². The first kappa shape index (κ1) is 29.5. The highest BCUT2D eigenvalue weighted by molar-refractivity contribution is 9.10. The summed E-state index contributed by atoms with van der Waals surface area (Å²) >= 11 is 3.58. The number of hydrogen-bond donors (Lipinski definition) is 1. The van der Waals surface area contributed by atoms with Gasteiger partial charge in [-0.3, -0.25) is 4.79 Å². The van der Waals surface area contributed by atoms with Crippen LogP contribution >= 0.6 is 15.9 Å². The lowest BCUT2D eigenvalue weighted by Crippen LogP contribution is -2.36. The van der Waals surface area contributed by atoms with Crippen molar-refractivity contribution < 1.29 is 33.3 Å². The molecule has 0 spiro atoms. The molecule has 0 bridgehead atoms. The van der Waals surface area contributed by atoms with Crippen molar-refractivity contribution in [3.05, 3.63) is 68.5 Å². The van der Waals surface area contributed by atoms with E-state index in [1.165, 1.54) is 0 Å². The second-order valence-electron chi connectivity index (χ2n) is 10.4. The summed E-state index contributed by atoms with van der Waals surface area (Å²) < 4.78 is 28.3. The van der Waals surface area contributed by atoms with Crippen molar-refractivity contribution in [3.8, 4) is 23.0 Å². The molecule has 0 amide bonds. The summed E-state index contributed by atoms with van der Waals surface area (Å²) in [7, 11) is 6.30. The van der Waals surface area contributed by atoms with Gasteiger partial charge in [0.1, 0.15) is 0 Å². The monoisotopic (exact) mass is 613 g/mol. The number of dihydropyridines is 1. The van der Waals surface area contributed by atoms with Crippen LogP contribution in [0.4, 0.5) is 0 Å². The standard InChI is InChI=1S/C31H36BrNO7/c1-16(2)15-40-31(35)27-17(3)33-22-11-19(18-8-9-24(36-4)25(13-18)37-5)12-23(34)29(22)28(27)20-10-21(32)30(39-7)26(14-20)38-6/h8-10,13-14,16,19,28,33H,11-12,15H2,1-7H3/t19-,28+/m1/s1. The zero-order chi connectivity index (χ0) is 29.1. The molecule has 0 unspecified atom stereocenters. The smallest absolute Gasteiger partial charge is 0.336 e. The highest BCUT2D eigenvalue weighted by atomic mass is 79.9. The first-order valence-corrected chi connectivity index (χ1v) is 14.0. The van der Waals surface area contributed by atoms with Gasteiger partial charge in [-0.15, -0.1) is 0 Å². The van der Waals surface area contributed by atoms with Crippen molar-refractivity contribution in [2.75, 3.05) is 35.0 Å². The Morgan fingerprint density at radius 2 is 1.62 bits per heavy atom. The summed E-state index contributed by atoms with van der Waals surface area (Å²) in [5.41, 5.74) is 4.14. The van der Waals surface area contributed by atoms with E-state index in [2.05, 4.69) is 21.2 Å². The zero-order valence-corrected chi connectivity index (χ0v) is 25.6. The predicted molar refractivity (Wildman–Crippen MR) is 155 cm³/mol. The molecule has 0 saturated carbocycles. The van der Waals surface area contributed by atoms with Gasteiger partial charge in [-0.1, -0.05) is 19.9 Å². The van der Waals surface area contributed by atoms with E-state index in [9.17, 15) is 9.59 Å². The number of rotatable bonds is 9. The number of Topliss-reactive ketones (excluding diaryl/α,β-unsaturated/α-hetero) is 1. The number of allylic oxidation sites excluding steroid dienone is 3. The van der Waals surface area contributed by atoms with Crippen LogP contribution in [0.3, 0.4) is 0 Å². The van der Waals surface area contributed by atoms with Gasteiger partial charge in [0, 0.05) is 29.3 Å². The summed E-state index contributed by atoms with van der Waals surface area (Å²) in [5, 5.41) is 3.40. The van der Waals surface area contributed by atoms with E-state index in [-0.39, 0.29) is 30.6 Å². The summed E-state index contributed by atoms with van der Waals surface area (Å²) in [6.07, 6.45) is 0.876. The van der Waals surface area contributed by atoms with Gasteiger partial charge in [0.2, 0.25) is 0 Å². The van der Waals surface area contributed by atoms with E-state index in [1.807, 2.05) is 51.1 Å². The lowest BCUT2D eigenvalue weighted by atomic mass is 9.71. The second-order valence-corrected chi connectivity index (χ2v) is 11.2. The SMILES string of the molecule is COc1ccc([C@H]2CC(=O)C3=C(C2)NC(C)=C(C(=O)OCC(C)C)[C@@H]3c2cc(Br)c(OC)c(OC)c2)cc1OC. The minimum Gasteiger partial charge on any atom is -0.493 e. The van der Waals surface area contributed by atoms with Crippen molar-refractivity contribution >= 4 is 27.7 Å². The summed E-state index contributed by atoms with van der Waals surface area (Å²) in [4.78, 5) is 27.5. The Bertz CT molecular complexity index is 1380. The maximum absolute atomic E-state index is 14.0. The fourth-order valence-corrected chi connectivity index (χ4v) is 6.03. The van der Waals surface area contributed by atoms with Crippen LogP contribution in [0.15, 0.2) is 57.3 Å². The number of ketones is 1. The number of halogens is 1. The Labute approximate surface area is 243 Å². The molecule has 1 aliphatic heterocycles. The van der Waals surface area contributed by atoms with Gasteiger partial charge in [0.15, 0.2) is 28.8 Å². The molecule has 0 aromatic heterocycles. The first-order chi connectivity index (χ1) is 19.1. The van der Waals surface area contributed by atoms with Gasteiger partial charge in [-0.2, -0.15) is 0 Å². The number of hydrogen-bond acceptors (Lipinski definition) is 8. The average Bonchev–Trinajstić information content (AvgIpc) is 2.93. The Kier molecular flexibility index (Phi) is 9.13. The number of esters is 1. The number of carbonyl (C=O) groups excluding carboxylic acids is 2. The topological polar surface area (TPSA) is 92.3 Å². The molecule has 0 saturated heterocycles. The van der Waals surface area contributed by atoms with Crippen molar-refractivity contribution in [3.63, 3.8) is 0 Å². The minimum atomic E-state index is -0.633. The van der Waals surface area contributed by atoms with E-state index >= 15 is 0 Å². The fourth-order valence-electron chi connectivity index (χ4n) is 5.41. The van der Waals surface area contributed by atoms with Crippen molar-refractivity contribution in [1.29, 1.82) is 0 Å². The van der Waals surface area contributed by atoms with E-state index in [4.69, 9.17) is 23.7 Å². The zero-order valence-electron chi connectivity index (χ0n) is 24.0. The molecule has 0 radical (unpaired) electrons. The molecule has 2 aliphatic rings. The van der Waals surface area contributed by atoms with Gasteiger partial charge in [0.05, 0.1) is 45.1 Å². The van der Waals surface area contributed by atoms with Gasteiger partial charge in [0.25, 0.3) is 0 Å². The highest BCUT2D eigenvalue weighted by Crippen LogP contribution is 2.49. The molecule has 2 atom stereocenters. The van der Waals surface area contributed by atoms with Gasteiger partial charge < -0.3 is 29.0 Å². The number of benzene rings is 2. The van der Waals surface area contributed by atoms with E-state index in [0.29, 0.717) is 50.7 Å². The van der Waals surface area contributed by atoms with E-state index < -0.39 is 11.9 Å². The number of methoxy groups -OCH3 is 4. The molecule has 2 aromatic carbocycles. The third-order valence-corrected chi connectivity index (χ3v) is 7.85. The Morgan fingerprint density at radius 1 is 0.950 bits per heavy atom. The maximum atomic E-state index is 14.0. The summed E-state index contributed by atoms with van der Waals surface area (Å²) in [6, 6.07) is 9.44. The van der Waals surface area contributed by atoms with Crippen LogP contribution in [0.5, 0.6) is 23.0 Å². The van der Waals surface area contributed by atoms with Crippen LogP contribution < -0.4 is 24.3 Å². The lowest BCUT2D eigenvalue weighted by molar-refractivity contribution is -0.140. The maximum Gasteiger partial charge on any atom is 0.336 e. The van der Waals surface area contributed by atoms with Crippen molar-refractivity contribution in [1.82, 2.24) is 5.32 Å². The van der Waals surface area contributed by atoms with Crippen LogP contribution in [0.1, 0.15) is 56.6 Å². The molecule has 8 nitrogen and oxygen atoms in total. The molecule has 1 heterocycles. The Balaban J connectivity index is 1.82. The third-order valence-electron chi connectivity index (χ3n) is 7.26. The van der Waals surface area contributed by atoms with Gasteiger partial charge in [-0.05, 0) is 76.5 Å². The van der Waals surface area contributed by atoms with Crippen molar-refractivity contribution in [2.45, 2.75) is 45.4 Å². The van der Waals surface area contributed by atoms with Gasteiger partial charge in [-0.25, -0.2) is 4.79 Å². The molecule has 9 heteroatoms. The van der Waals surface area contributed by atoms with Crippen LogP contribution in [-0.4, -0.2) is 46.8 Å². The molecule has 40 heavy (non-hydrogen) atoms. The second kappa shape index (κ2) is 12.4. The van der Waals surface area contributed by atoms with Crippen LogP contribution in [0.2, 0.25) is 0 Å². The molecule has 2 aromatic rings. The predicted octanol–water partition coefficient (Wildman–Crippen LogP) is 6.04. The fraction of sp³-hybridized carbons (Fsp3) is 0.419. The molecule has 4 rings (SSSR count). The minimum absolute atomic E-state index is 0.0360. The molecular formula is C31H36BrNO7. The lowest BCUT2D eigenvalue weighted by Gasteiger charge is -2.37. The molecule has 1 N–H and O–H groups in total. The van der Waals surface area contributed by atoms with Crippen LogP contribution in [0, 0.1) is 5.92 Å². The normalized spacial score (nSPS) is 18.8. The first-order valence-electron chi connectivity index (χ1n) is 13.2. The average molecular weight is 615 g/mol. The molecule has 0 fully saturated rings. The summed E-state index contributed by atoms with van der Waals surface area (Å²) in [6.45, 7) is 6.09. The highest BCUT2D eigenvalue weighted by Gasteiger charge is 2.42. The van der Waals surface area contributed by atoms with Crippen LogP contribution in [-0.2, 0) is 14.3 Å². The Morgan fingerprint density at radius 3 is 2.25 bits per heavy atom. The largest absolute Gasteiger partial charge is 0.493 e.